The number of aromatic nitrogens is 3. The van der Waals surface area contributed by atoms with Crippen molar-refractivity contribution in [1.82, 2.24) is 19.4 Å². The molecule has 3 amide bonds. The molecule has 1 aliphatic rings. The van der Waals surface area contributed by atoms with E-state index in [1.165, 1.54) is 23.9 Å². The topological polar surface area (TPSA) is 124 Å². The first-order chi connectivity index (χ1) is 15.3. The van der Waals surface area contributed by atoms with E-state index in [1.807, 2.05) is 0 Å². The summed E-state index contributed by atoms with van der Waals surface area (Å²) in [5, 5.41) is 5.95. The highest BCUT2D eigenvalue weighted by Crippen LogP contribution is 2.34. The molecule has 0 radical (unpaired) electrons. The normalized spacial score (nSPS) is 16.2. The second-order valence-corrected chi connectivity index (χ2v) is 8.59. The van der Waals surface area contributed by atoms with Gasteiger partial charge < -0.3 is 15.0 Å². The standard InChI is InChI=1S/C20H20BrClN6O4/c1-26-10-11(8-13(21)19(26)30)18(29)28(20(23)31)25-14-5-6-15-12(17(14)22)9-24-27(15)16-4-2-3-7-32-16/h5-6,8-10,16,25H,2-4,7H2,1H3,(H2,23,31). The van der Waals surface area contributed by atoms with Crippen LogP contribution in [0.2, 0.25) is 5.02 Å². The molecule has 0 aliphatic carbocycles. The lowest BCUT2D eigenvalue weighted by molar-refractivity contribution is -0.0366. The van der Waals surface area contributed by atoms with Crippen molar-refractivity contribution in [3.8, 4) is 0 Å². The third-order valence-electron chi connectivity index (χ3n) is 5.19. The zero-order chi connectivity index (χ0) is 23.0. The summed E-state index contributed by atoms with van der Waals surface area (Å²) in [5.74, 6) is -0.753. The summed E-state index contributed by atoms with van der Waals surface area (Å²) >= 11 is 9.68. The molecule has 12 heteroatoms. The molecule has 4 rings (SSSR count). The van der Waals surface area contributed by atoms with Crippen molar-refractivity contribution in [3.05, 3.63) is 56.0 Å². The molecule has 1 atom stereocenters. The van der Waals surface area contributed by atoms with Gasteiger partial charge in [0.2, 0.25) is 0 Å². The number of amides is 3. The average Bonchev–Trinajstić information content (AvgIpc) is 3.21. The number of hydrazine groups is 1. The minimum Gasteiger partial charge on any atom is -0.356 e. The van der Waals surface area contributed by atoms with Gasteiger partial charge in [-0.25, -0.2) is 9.48 Å². The van der Waals surface area contributed by atoms with Crippen LogP contribution < -0.4 is 16.7 Å². The van der Waals surface area contributed by atoms with Crippen LogP contribution in [0.1, 0.15) is 35.8 Å². The molecule has 1 aromatic carbocycles. The summed E-state index contributed by atoms with van der Waals surface area (Å²) < 4.78 is 8.98. The maximum absolute atomic E-state index is 12.9. The summed E-state index contributed by atoms with van der Waals surface area (Å²) in [6, 6.07) is 3.69. The number of ether oxygens (including phenoxy) is 1. The van der Waals surface area contributed by atoms with Gasteiger partial charge in [0.25, 0.3) is 11.5 Å². The lowest BCUT2D eigenvalue weighted by Crippen LogP contribution is -2.45. The van der Waals surface area contributed by atoms with Gasteiger partial charge in [-0.3, -0.25) is 15.0 Å². The van der Waals surface area contributed by atoms with Crippen molar-refractivity contribution in [2.24, 2.45) is 12.8 Å². The van der Waals surface area contributed by atoms with Crippen LogP contribution in [0.5, 0.6) is 0 Å². The molecule has 1 saturated heterocycles. The number of primary amides is 1. The number of pyridine rings is 1. The molecule has 0 bridgehead atoms. The number of rotatable bonds is 4. The molecular formula is C20H20BrClN6O4. The zero-order valence-corrected chi connectivity index (χ0v) is 19.4. The third-order valence-corrected chi connectivity index (χ3v) is 6.16. The second-order valence-electron chi connectivity index (χ2n) is 7.35. The molecule has 168 valence electrons. The third kappa shape index (κ3) is 4.10. The lowest BCUT2D eigenvalue weighted by Gasteiger charge is -2.24. The summed E-state index contributed by atoms with van der Waals surface area (Å²) in [6.45, 7) is 0.677. The van der Waals surface area contributed by atoms with Crippen molar-refractivity contribution in [2.75, 3.05) is 12.0 Å². The number of aryl methyl sites for hydroxylation is 1. The number of nitrogens with two attached hydrogens (primary N) is 1. The number of halogens is 2. The fourth-order valence-corrected chi connectivity index (χ4v) is 4.34. The Hall–Kier alpha value is -2.89. The highest BCUT2D eigenvalue weighted by molar-refractivity contribution is 9.10. The highest BCUT2D eigenvalue weighted by atomic mass is 79.9. The number of urea groups is 1. The van der Waals surface area contributed by atoms with Gasteiger partial charge in [-0.15, -0.1) is 0 Å². The van der Waals surface area contributed by atoms with Gasteiger partial charge in [0.15, 0.2) is 6.23 Å². The molecule has 3 aromatic rings. The van der Waals surface area contributed by atoms with Crippen LogP contribution in [0.3, 0.4) is 0 Å². The molecular weight excluding hydrogens is 504 g/mol. The van der Waals surface area contributed by atoms with Gasteiger partial charge in [-0.1, -0.05) is 11.6 Å². The van der Waals surface area contributed by atoms with Crippen molar-refractivity contribution in [3.63, 3.8) is 0 Å². The molecule has 1 aliphatic heterocycles. The van der Waals surface area contributed by atoms with Gasteiger partial charge in [-0.2, -0.15) is 10.1 Å². The van der Waals surface area contributed by atoms with Crippen LogP contribution in [-0.2, 0) is 11.8 Å². The first-order valence-corrected chi connectivity index (χ1v) is 11.0. The van der Waals surface area contributed by atoms with Crippen LogP contribution in [0.15, 0.2) is 39.9 Å². The van der Waals surface area contributed by atoms with Crippen LogP contribution in [0.25, 0.3) is 10.9 Å². The van der Waals surface area contributed by atoms with Crippen molar-refractivity contribution in [2.45, 2.75) is 25.5 Å². The fraction of sp³-hybridized carbons (Fsp3) is 0.300. The Kier molecular flexibility index (Phi) is 6.22. The van der Waals surface area contributed by atoms with Crippen LogP contribution in [-0.4, -0.2) is 37.9 Å². The number of fused-ring (bicyclic) bond motifs is 1. The maximum Gasteiger partial charge on any atom is 0.341 e. The van der Waals surface area contributed by atoms with Crippen molar-refractivity contribution >= 4 is 56.1 Å². The predicted octanol–water partition coefficient (Wildman–Crippen LogP) is 3.40. The van der Waals surface area contributed by atoms with E-state index >= 15 is 0 Å². The number of hydrogen-bond acceptors (Lipinski definition) is 6. The number of imide groups is 1. The largest absolute Gasteiger partial charge is 0.356 e. The van der Waals surface area contributed by atoms with E-state index in [1.54, 1.807) is 23.0 Å². The molecule has 0 spiro atoms. The maximum atomic E-state index is 12.9. The molecule has 0 saturated carbocycles. The Bertz CT molecular complexity index is 1240. The number of anilines is 1. The van der Waals surface area contributed by atoms with E-state index in [0.29, 0.717) is 22.7 Å². The number of hydrogen-bond donors (Lipinski definition) is 2. The number of carbonyl (C=O) groups excluding carboxylic acids is 2. The fourth-order valence-electron chi connectivity index (χ4n) is 3.56. The Labute approximate surface area is 196 Å². The van der Waals surface area contributed by atoms with E-state index in [4.69, 9.17) is 22.1 Å². The van der Waals surface area contributed by atoms with Crippen LogP contribution >= 0.6 is 27.5 Å². The van der Waals surface area contributed by atoms with E-state index in [0.717, 1.165) is 24.8 Å². The highest BCUT2D eigenvalue weighted by Gasteiger charge is 2.25. The average molecular weight is 524 g/mol. The summed E-state index contributed by atoms with van der Waals surface area (Å²) in [7, 11) is 1.49. The minimum atomic E-state index is -1.04. The minimum absolute atomic E-state index is 0.0738. The van der Waals surface area contributed by atoms with Crippen molar-refractivity contribution in [1.29, 1.82) is 0 Å². The summed E-state index contributed by atoms with van der Waals surface area (Å²) in [5.41, 5.74) is 8.93. The lowest BCUT2D eigenvalue weighted by atomic mass is 10.2. The first-order valence-electron chi connectivity index (χ1n) is 9.82. The first kappa shape index (κ1) is 22.3. The van der Waals surface area contributed by atoms with Gasteiger partial charge in [0, 0.05) is 25.2 Å². The molecule has 10 nitrogen and oxygen atoms in total. The van der Waals surface area contributed by atoms with E-state index in [-0.39, 0.29) is 26.8 Å². The second kappa shape index (κ2) is 8.93. The van der Waals surface area contributed by atoms with Gasteiger partial charge in [0.05, 0.1) is 32.5 Å². The summed E-state index contributed by atoms with van der Waals surface area (Å²) in [6.07, 6.45) is 5.69. The molecule has 32 heavy (non-hydrogen) atoms. The number of nitrogens with zero attached hydrogens (tertiary/aromatic N) is 4. The monoisotopic (exact) mass is 522 g/mol. The van der Waals surface area contributed by atoms with E-state index < -0.39 is 11.9 Å². The van der Waals surface area contributed by atoms with Gasteiger partial charge in [-0.05, 0) is 53.4 Å². The Balaban J connectivity index is 1.65. The van der Waals surface area contributed by atoms with E-state index in [2.05, 4.69) is 26.5 Å². The van der Waals surface area contributed by atoms with Gasteiger partial charge >= 0.3 is 6.03 Å². The van der Waals surface area contributed by atoms with E-state index in [9.17, 15) is 14.4 Å². The SMILES string of the molecule is Cn1cc(C(=O)N(Nc2ccc3c(cnn3C3CCCCO3)c2Cl)C(N)=O)cc(Br)c1=O. The number of carbonyl (C=O) groups is 2. The zero-order valence-electron chi connectivity index (χ0n) is 17.0. The van der Waals surface area contributed by atoms with Crippen molar-refractivity contribution < 1.29 is 14.3 Å². The quantitative estimate of drug-likeness (QED) is 0.505. The smallest absolute Gasteiger partial charge is 0.341 e. The van der Waals surface area contributed by atoms with Crippen LogP contribution in [0.4, 0.5) is 10.5 Å². The Morgan fingerprint density at radius 1 is 1.38 bits per heavy atom. The Morgan fingerprint density at radius 3 is 2.81 bits per heavy atom. The Morgan fingerprint density at radius 2 is 2.16 bits per heavy atom. The summed E-state index contributed by atoms with van der Waals surface area (Å²) in [4.78, 5) is 36.9. The molecule has 1 unspecified atom stereocenters. The molecule has 3 N–H and O–H groups in total. The molecule has 1 fully saturated rings. The predicted molar refractivity (Wildman–Crippen MR) is 122 cm³/mol. The number of benzene rings is 1. The molecule has 3 heterocycles. The van der Waals surface area contributed by atoms with Crippen LogP contribution in [0, 0.1) is 0 Å². The van der Waals surface area contributed by atoms with Gasteiger partial charge in [0.1, 0.15) is 0 Å². The molecule has 2 aromatic heterocycles. The number of nitrogens with one attached hydrogen (secondary N) is 1.